The first kappa shape index (κ1) is 37.0. The second kappa shape index (κ2) is 19.3. The SMILES string of the molecule is CCN(CC)CCCCCOc1ccc(/C(=C(/Cl)c2ccccc2)c2ccccc2)cc1.O=C(O)CC(O)(CC(=O)O)C(=O)O. The van der Waals surface area contributed by atoms with Gasteiger partial charge in [0, 0.05) is 5.57 Å². The molecule has 45 heavy (non-hydrogen) atoms. The van der Waals surface area contributed by atoms with Crippen molar-refractivity contribution in [3.63, 3.8) is 0 Å². The molecule has 0 unspecified atom stereocenters. The normalized spacial score (nSPS) is 11.7. The van der Waals surface area contributed by atoms with Gasteiger partial charge >= 0.3 is 17.9 Å². The molecule has 3 rings (SSSR count). The second-order valence-electron chi connectivity index (χ2n) is 10.4. The summed E-state index contributed by atoms with van der Waals surface area (Å²) in [5.74, 6) is -4.12. The monoisotopic (exact) mass is 639 g/mol. The van der Waals surface area contributed by atoms with Gasteiger partial charge in [-0.3, -0.25) is 9.59 Å². The van der Waals surface area contributed by atoms with E-state index in [9.17, 15) is 14.4 Å². The van der Waals surface area contributed by atoms with Crippen LogP contribution in [0.2, 0.25) is 0 Å². The van der Waals surface area contributed by atoms with E-state index >= 15 is 0 Å². The van der Waals surface area contributed by atoms with E-state index < -0.39 is 36.4 Å². The van der Waals surface area contributed by atoms with Crippen LogP contribution < -0.4 is 4.74 Å². The van der Waals surface area contributed by atoms with Crippen molar-refractivity contribution in [2.45, 2.75) is 51.6 Å². The van der Waals surface area contributed by atoms with Gasteiger partial charge in [-0.05, 0) is 67.7 Å². The zero-order valence-corrected chi connectivity index (χ0v) is 26.4. The number of benzene rings is 3. The fourth-order valence-electron chi connectivity index (χ4n) is 4.53. The quantitative estimate of drug-likeness (QED) is 0.0962. The van der Waals surface area contributed by atoms with E-state index in [4.69, 9.17) is 36.8 Å². The lowest BCUT2D eigenvalue weighted by Gasteiger charge is -2.18. The van der Waals surface area contributed by atoms with Crippen LogP contribution in [0.5, 0.6) is 5.75 Å². The molecule has 0 fully saturated rings. The average molecular weight is 640 g/mol. The van der Waals surface area contributed by atoms with E-state index in [2.05, 4.69) is 43.0 Å². The van der Waals surface area contributed by atoms with Crippen molar-refractivity contribution in [1.82, 2.24) is 4.90 Å². The van der Waals surface area contributed by atoms with Crippen molar-refractivity contribution < 1.29 is 39.5 Å². The number of unbranched alkanes of at least 4 members (excludes halogenated alkanes) is 2. The van der Waals surface area contributed by atoms with Crippen LogP contribution in [-0.2, 0) is 14.4 Å². The number of hydrogen-bond acceptors (Lipinski definition) is 6. The minimum Gasteiger partial charge on any atom is -0.494 e. The third-order valence-electron chi connectivity index (χ3n) is 7.02. The van der Waals surface area contributed by atoms with Crippen molar-refractivity contribution in [3.8, 4) is 5.75 Å². The maximum atomic E-state index is 10.3. The van der Waals surface area contributed by atoms with Gasteiger partial charge in [-0.1, -0.05) is 98.2 Å². The predicted octanol–water partition coefficient (Wildman–Crippen LogP) is 6.48. The summed E-state index contributed by atoms with van der Waals surface area (Å²) >= 11 is 6.90. The lowest BCUT2D eigenvalue weighted by atomic mass is 9.95. The van der Waals surface area contributed by atoms with Crippen LogP contribution in [0, 0.1) is 0 Å². The second-order valence-corrected chi connectivity index (χ2v) is 10.7. The van der Waals surface area contributed by atoms with Gasteiger partial charge in [0.15, 0.2) is 5.60 Å². The van der Waals surface area contributed by atoms with Crippen LogP contribution in [0.3, 0.4) is 0 Å². The van der Waals surface area contributed by atoms with Crippen molar-refractivity contribution in [2.75, 3.05) is 26.2 Å². The molecule has 0 amide bonds. The van der Waals surface area contributed by atoms with E-state index in [0.717, 1.165) is 59.2 Å². The summed E-state index contributed by atoms with van der Waals surface area (Å²) in [6.45, 7) is 8.64. The molecule has 3 aromatic carbocycles. The van der Waals surface area contributed by atoms with Gasteiger partial charge in [-0.15, -0.1) is 0 Å². The highest BCUT2D eigenvalue weighted by Gasteiger charge is 2.40. The Morgan fingerprint density at radius 3 is 1.67 bits per heavy atom. The molecular weight excluding hydrogens is 598 g/mol. The Kier molecular flexibility index (Phi) is 15.8. The highest BCUT2D eigenvalue weighted by Crippen LogP contribution is 2.35. The maximum Gasteiger partial charge on any atom is 0.336 e. The number of nitrogens with zero attached hydrogens (tertiary/aromatic N) is 1. The number of halogens is 1. The Labute approximate surface area is 269 Å². The van der Waals surface area contributed by atoms with E-state index in [1.54, 1.807) is 0 Å². The molecule has 0 heterocycles. The van der Waals surface area contributed by atoms with Crippen LogP contribution >= 0.6 is 11.6 Å². The van der Waals surface area contributed by atoms with Crippen LogP contribution in [0.15, 0.2) is 84.9 Å². The number of rotatable bonds is 17. The van der Waals surface area contributed by atoms with E-state index in [0.29, 0.717) is 0 Å². The minimum atomic E-state index is -2.74. The Morgan fingerprint density at radius 1 is 0.711 bits per heavy atom. The number of aliphatic carboxylic acids is 3. The van der Waals surface area contributed by atoms with Crippen molar-refractivity contribution in [3.05, 3.63) is 102 Å². The lowest BCUT2D eigenvalue weighted by molar-refractivity contribution is -0.170. The molecule has 4 N–H and O–H groups in total. The molecule has 0 aromatic heterocycles. The van der Waals surface area contributed by atoms with Gasteiger partial charge in [0.05, 0.1) is 24.5 Å². The molecule has 0 saturated heterocycles. The van der Waals surface area contributed by atoms with Gasteiger partial charge in [-0.2, -0.15) is 0 Å². The smallest absolute Gasteiger partial charge is 0.336 e. The van der Waals surface area contributed by atoms with E-state index in [-0.39, 0.29) is 0 Å². The fraction of sp³-hybridized carbons (Fsp3) is 0.343. The number of carbonyl (C=O) groups is 3. The lowest BCUT2D eigenvalue weighted by Crippen LogP contribution is -2.42. The fourth-order valence-corrected chi connectivity index (χ4v) is 4.87. The highest BCUT2D eigenvalue weighted by molar-refractivity contribution is 6.53. The van der Waals surface area contributed by atoms with Crippen molar-refractivity contribution in [2.24, 2.45) is 0 Å². The first-order valence-electron chi connectivity index (χ1n) is 14.9. The van der Waals surface area contributed by atoms with Crippen LogP contribution in [-0.4, -0.2) is 75.1 Å². The van der Waals surface area contributed by atoms with E-state index in [1.807, 2.05) is 60.7 Å². The minimum absolute atomic E-state index is 0.749. The first-order valence-corrected chi connectivity index (χ1v) is 15.2. The molecule has 0 aliphatic rings. The predicted molar refractivity (Wildman–Crippen MR) is 175 cm³/mol. The van der Waals surface area contributed by atoms with Gasteiger partial charge in [-0.25, -0.2) is 4.79 Å². The van der Waals surface area contributed by atoms with Crippen LogP contribution in [0.4, 0.5) is 0 Å². The zero-order valence-electron chi connectivity index (χ0n) is 25.7. The molecule has 10 heteroatoms. The Balaban J connectivity index is 0.000000459. The standard InChI is InChI=1S/C29H34ClNO.C6H8O7/c1-3-31(4-2)22-12-7-13-23-32-27-20-18-25(19-21-27)28(24-14-8-5-9-15-24)29(30)26-16-10-6-11-17-26;7-3(8)1-6(13,5(11)12)2-4(9)10/h5-6,8-11,14-21H,3-4,7,12-13,22-23H2,1-2H3;13H,1-2H2,(H,7,8)(H,9,10)(H,11,12)/b29-28+;. The topological polar surface area (TPSA) is 145 Å². The van der Waals surface area contributed by atoms with Gasteiger partial charge in [0.2, 0.25) is 0 Å². The summed E-state index contributed by atoms with van der Waals surface area (Å²) in [6.07, 6.45) is 1.22. The Hall–Kier alpha value is -4.18. The molecule has 0 spiro atoms. The maximum absolute atomic E-state index is 10.3. The summed E-state index contributed by atoms with van der Waals surface area (Å²) in [5.41, 5.74) is 1.48. The Morgan fingerprint density at radius 2 is 1.20 bits per heavy atom. The first-order chi connectivity index (χ1) is 21.5. The van der Waals surface area contributed by atoms with Gasteiger partial charge in [0.25, 0.3) is 0 Å². The third kappa shape index (κ3) is 12.8. The van der Waals surface area contributed by atoms with Gasteiger partial charge < -0.3 is 30.1 Å². The number of ether oxygens (including phenoxy) is 1. The number of carboxylic acid groups (broad SMARTS) is 3. The molecule has 242 valence electrons. The molecule has 0 saturated carbocycles. The molecule has 9 nitrogen and oxygen atoms in total. The molecule has 0 aliphatic heterocycles. The summed E-state index contributed by atoms with van der Waals surface area (Å²) in [4.78, 5) is 33.0. The average Bonchev–Trinajstić information content (AvgIpc) is 3.02. The third-order valence-corrected chi connectivity index (χ3v) is 7.43. The largest absolute Gasteiger partial charge is 0.494 e. The van der Waals surface area contributed by atoms with Gasteiger partial charge in [0.1, 0.15) is 5.75 Å². The van der Waals surface area contributed by atoms with Crippen molar-refractivity contribution in [1.29, 1.82) is 0 Å². The zero-order chi connectivity index (χ0) is 33.2. The molecule has 0 bridgehead atoms. The molecule has 0 radical (unpaired) electrons. The molecule has 0 atom stereocenters. The number of carboxylic acids is 3. The van der Waals surface area contributed by atoms with E-state index in [1.165, 1.54) is 19.4 Å². The van der Waals surface area contributed by atoms with Crippen LogP contribution in [0.25, 0.3) is 10.6 Å². The highest BCUT2D eigenvalue weighted by atomic mass is 35.5. The summed E-state index contributed by atoms with van der Waals surface area (Å²) < 4.78 is 5.99. The molecule has 3 aromatic rings. The summed E-state index contributed by atoms with van der Waals surface area (Å²) in [6, 6.07) is 28.7. The Bertz CT molecular complexity index is 1360. The van der Waals surface area contributed by atoms with Crippen LogP contribution in [0.1, 0.15) is 62.6 Å². The number of aliphatic hydroxyl groups is 1. The molecule has 0 aliphatic carbocycles. The number of hydrogen-bond donors (Lipinski definition) is 4. The summed E-state index contributed by atoms with van der Waals surface area (Å²) in [7, 11) is 0. The summed E-state index contributed by atoms with van der Waals surface area (Å²) in [5, 5.41) is 34.6. The molecular formula is C35H42ClNO8. The van der Waals surface area contributed by atoms with Crippen molar-refractivity contribution >= 4 is 40.1 Å².